The van der Waals surface area contributed by atoms with Gasteiger partial charge in [-0.1, -0.05) is 0 Å². The molecule has 0 radical (unpaired) electrons. The lowest BCUT2D eigenvalue weighted by Crippen LogP contribution is -3.00. The van der Waals surface area contributed by atoms with E-state index in [0.717, 1.165) is 0 Å². The molecular weight excluding hydrogens is 154 g/mol. The molecule has 6 heteroatoms. The molecule has 0 unspecified atom stereocenters. The molecule has 0 aliphatic carbocycles. The molecule has 0 atom stereocenters. The van der Waals surface area contributed by atoms with Crippen LogP contribution >= 0.6 is 8.58 Å². The monoisotopic (exact) mass is 158 g/mol. The van der Waals surface area contributed by atoms with E-state index in [9.17, 15) is 9.59 Å². The molecule has 0 aromatic rings. The van der Waals surface area contributed by atoms with Crippen LogP contribution in [0.15, 0.2) is 0 Å². The minimum Gasteiger partial charge on any atom is -1.00 e. The van der Waals surface area contributed by atoms with Crippen molar-refractivity contribution in [3.63, 3.8) is 0 Å². The molecule has 0 aliphatic rings. The summed E-state index contributed by atoms with van der Waals surface area (Å²) in [7, 11) is -1.45. The van der Waals surface area contributed by atoms with Gasteiger partial charge in [-0.15, -0.1) is 0 Å². The first-order valence-electron chi connectivity index (χ1n) is 1.43. The summed E-state index contributed by atoms with van der Waals surface area (Å²) in [5, 5.41) is 15.5. The number of carbonyl (C=O) groups is 2. The van der Waals surface area contributed by atoms with E-state index in [1.165, 1.54) is 0 Å². The van der Waals surface area contributed by atoms with Gasteiger partial charge in [-0.2, -0.15) is 0 Å². The molecule has 2 N–H and O–H groups in total. The van der Waals surface area contributed by atoms with Gasteiger partial charge in [0, 0.05) is 0 Å². The number of halogens is 1. The highest BCUT2D eigenvalue weighted by atomic mass is 35.5. The molecule has 0 saturated carbocycles. The molecule has 0 aromatic heterocycles. The summed E-state index contributed by atoms with van der Waals surface area (Å²) in [6.07, 6.45) is 0. The smallest absolute Gasteiger partial charge is 0.455 e. The largest absolute Gasteiger partial charge is 1.00 e. The lowest BCUT2D eigenvalue weighted by molar-refractivity contribution is -0.0000119. The van der Waals surface area contributed by atoms with Crippen LogP contribution in [0.2, 0.25) is 0 Å². The van der Waals surface area contributed by atoms with Crippen molar-refractivity contribution in [2.45, 2.75) is 0 Å². The van der Waals surface area contributed by atoms with Crippen molar-refractivity contribution in [2.75, 3.05) is 0 Å². The average Bonchev–Trinajstić information content (AvgIpc) is 1.27. The van der Waals surface area contributed by atoms with E-state index in [2.05, 4.69) is 0 Å². The second-order valence-electron chi connectivity index (χ2n) is 0.821. The maximum absolute atomic E-state index is 9.47. The molecule has 0 rings (SSSR count). The van der Waals surface area contributed by atoms with Gasteiger partial charge in [0.15, 0.2) is 0 Å². The molecule has 0 heterocycles. The van der Waals surface area contributed by atoms with Crippen LogP contribution < -0.4 is 12.4 Å². The van der Waals surface area contributed by atoms with Gasteiger partial charge in [0.1, 0.15) is 0 Å². The van der Waals surface area contributed by atoms with E-state index in [1.54, 1.807) is 0 Å². The third-order valence-electron chi connectivity index (χ3n) is 0.247. The van der Waals surface area contributed by atoms with Gasteiger partial charge in [-0.3, -0.25) is 0 Å². The van der Waals surface area contributed by atoms with E-state index in [-0.39, 0.29) is 12.4 Å². The van der Waals surface area contributed by atoms with E-state index >= 15 is 0 Å². The molecule has 0 aliphatic heterocycles. The zero-order valence-corrected chi connectivity index (χ0v) is 5.58. The van der Waals surface area contributed by atoms with Crippen molar-refractivity contribution in [3.05, 3.63) is 0 Å². The lowest BCUT2D eigenvalue weighted by atomic mass is 11.6. The quantitative estimate of drug-likeness (QED) is 0.446. The Morgan fingerprint density at radius 3 is 1.38 bits per heavy atom. The van der Waals surface area contributed by atoms with Gasteiger partial charge in [0.05, 0.1) is 0 Å². The van der Waals surface area contributed by atoms with Crippen LogP contribution in [-0.2, 0) is 0 Å². The Balaban J connectivity index is 0. The molecule has 8 heavy (non-hydrogen) atoms. The molecule has 0 amide bonds. The third-order valence-corrected chi connectivity index (χ3v) is 0.741. The molecule has 0 aromatic carbocycles. The molecule has 0 bridgehead atoms. The Kier molecular flexibility index (Phi) is 6.38. The summed E-state index contributed by atoms with van der Waals surface area (Å²) < 4.78 is 0. The minimum atomic E-state index is -1.45. The van der Waals surface area contributed by atoms with Crippen LogP contribution in [0.3, 0.4) is 0 Å². The van der Waals surface area contributed by atoms with E-state index in [0.29, 0.717) is 0 Å². The highest BCUT2D eigenvalue weighted by molar-refractivity contribution is 7.72. The van der Waals surface area contributed by atoms with Gasteiger partial charge >= 0.3 is 11.4 Å². The van der Waals surface area contributed by atoms with E-state index in [4.69, 9.17) is 10.2 Å². The van der Waals surface area contributed by atoms with Crippen molar-refractivity contribution in [3.8, 4) is 0 Å². The lowest BCUT2D eigenvalue weighted by Gasteiger charge is -1.71. The molecule has 0 spiro atoms. The fourth-order valence-electron chi connectivity index (χ4n) is 0.106. The van der Waals surface area contributed by atoms with Gasteiger partial charge in [0.25, 0.3) is 0 Å². The van der Waals surface area contributed by atoms with Gasteiger partial charge in [-0.25, -0.2) is 9.59 Å². The van der Waals surface area contributed by atoms with E-state index in [1.807, 2.05) is 0 Å². The van der Waals surface area contributed by atoms with Gasteiger partial charge in [-0.05, 0) is 0 Å². The number of carboxylic acid groups (broad SMARTS) is 2. The number of hydrogen-bond donors (Lipinski definition) is 2. The van der Waals surface area contributed by atoms with Crippen LogP contribution in [0.1, 0.15) is 0 Å². The first-order valence-corrected chi connectivity index (χ1v) is 2.59. The summed E-state index contributed by atoms with van der Waals surface area (Å²) in [4.78, 5) is 18.9. The second kappa shape index (κ2) is 4.81. The van der Waals surface area contributed by atoms with Crippen molar-refractivity contribution in [2.24, 2.45) is 0 Å². The maximum Gasteiger partial charge on any atom is 0.455 e. The third kappa shape index (κ3) is 9.18. The van der Waals surface area contributed by atoms with Crippen LogP contribution in [0.5, 0.6) is 0 Å². The van der Waals surface area contributed by atoms with E-state index < -0.39 is 20.0 Å². The Morgan fingerprint density at radius 2 is 1.38 bits per heavy atom. The summed E-state index contributed by atoms with van der Waals surface area (Å²) in [6.45, 7) is 0. The fourth-order valence-corrected chi connectivity index (χ4v) is 0.317. The predicted molar refractivity (Wildman–Crippen MR) is 25.8 cm³/mol. The zero-order valence-electron chi connectivity index (χ0n) is 3.67. The second-order valence-corrected chi connectivity index (χ2v) is 2.10. The van der Waals surface area contributed by atoms with Crippen molar-refractivity contribution < 1.29 is 32.2 Å². The summed E-state index contributed by atoms with van der Waals surface area (Å²) in [6, 6.07) is 0. The molecule has 0 fully saturated rings. The zero-order chi connectivity index (χ0) is 5.86. The van der Waals surface area contributed by atoms with Gasteiger partial charge in [0.2, 0.25) is 8.58 Å². The van der Waals surface area contributed by atoms with Crippen molar-refractivity contribution in [1.82, 2.24) is 0 Å². The topological polar surface area (TPSA) is 74.6 Å². The summed E-state index contributed by atoms with van der Waals surface area (Å²) in [5.74, 6) is 0. The SMILES string of the molecule is O=C(O)[PH2+]C(=O)O.[Cl-]. The molecule has 4 nitrogen and oxygen atoms in total. The standard InChI is InChI=1S/C2H3O4P.ClH/c3-1(4)7-2(5)6;/h7H,(H,3,4)(H,5,6);1H. The first kappa shape index (κ1) is 10.6. The van der Waals surface area contributed by atoms with Crippen molar-refractivity contribution >= 4 is 20.0 Å². The highest BCUT2D eigenvalue weighted by Gasteiger charge is 2.12. The number of hydrogen-bond acceptors (Lipinski definition) is 2. The van der Waals surface area contributed by atoms with Crippen LogP contribution in [0, 0.1) is 0 Å². The maximum atomic E-state index is 9.47. The van der Waals surface area contributed by atoms with Crippen LogP contribution in [0.25, 0.3) is 0 Å². The average molecular weight is 158 g/mol. The highest BCUT2D eigenvalue weighted by Crippen LogP contribution is 2.09. The fraction of sp³-hybridized carbons (Fsp3) is 0. The predicted octanol–water partition coefficient (Wildman–Crippen LogP) is -2.24. The Hall–Kier alpha value is -0.340. The Morgan fingerprint density at radius 1 is 1.12 bits per heavy atom. The molecular formula is C2H4ClO4P. The minimum absolute atomic E-state index is 0. The Bertz CT molecular complexity index is 90.2. The summed E-state index contributed by atoms with van der Waals surface area (Å²) in [5.41, 5.74) is -2.46. The van der Waals surface area contributed by atoms with Crippen molar-refractivity contribution in [1.29, 1.82) is 0 Å². The van der Waals surface area contributed by atoms with Crippen LogP contribution in [0.4, 0.5) is 9.59 Å². The Labute approximate surface area is 53.1 Å². The van der Waals surface area contributed by atoms with Crippen LogP contribution in [-0.4, -0.2) is 21.6 Å². The summed E-state index contributed by atoms with van der Waals surface area (Å²) >= 11 is 0. The molecule has 48 valence electrons. The normalized spacial score (nSPS) is 7.00. The van der Waals surface area contributed by atoms with Gasteiger partial charge < -0.3 is 22.6 Å². The molecule has 0 saturated heterocycles. The number of rotatable bonds is 2. The first-order chi connectivity index (χ1) is 3.13.